The van der Waals surface area contributed by atoms with Crippen LogP contribution in [0.4, 0.5) is 0 Å². The SMILES string of the molecule is Cc1cc(C(=O)NNC(=O)c2ccc(CSc3nc4ccccc4[nH]3)cc2)on1. The second-order valence-electron chi connectivity index (χ2n) is 6.29. The molecule has 0 aliphatic rings. The third-order valence-corrected chi connectivity index (χ3v) is 5.05. The van der Waals surface area contributed by atoms with Crippen LogP contribution < -0.4 is 10.9 Å². The van der Waals surface area contributed by atoms with E-state index in [-0.39, 0.29) is 5.76 Å². The lowest BCUT2D eigenvalue weighted by atomic mass is 10.1. The van der Waals surface area contributed by atoms with Gasteiger partial charge in [-0.25, -0.2) is 4.98 Å². The number of thioether (sulfide) groups is 1. The molecule has 0 bridgehead atoms. The molecule has 8 nitrogen and oxygen atoms in total. The van der Waals surface area contributed by atoms with Gasteiger partial charge < -0.3 is 9.51 Å². The summed E-state index contributed by atoms with van der Waals surface area (Å²) in [5.74, 6) is -0.256. The van der Waals surface area contributed by atoms with Crippen molar-refractivity contribution in [1.29, 1.82) is 0 Å². The topological polar surface area (TPSA) is 113 Å². The molecule has 0 radical (unpaired) electrons. The molecule has 9 heteroatoms. The van der Waals surface area contributed by atoms with Crippen LogP contribution in [-0.2, 0) is 5.75 Å². The molecule has 29 heavy (non-hydrogen) atoms. The van der Waals surface area contributed by atoms with Gasteiger partial charge in [-0.1, -0.05) is 41.2 Å². The normalized spacial score (nSPS) is 10.8. The van der Waals surface area contributed by atoms with E-state index in [0.717, 1.165) is 21.8 Å². The van der Waals surface area contributed by atoms with E-state index in [2.05, 4.69) is 26.0 Å². The maximum Gasteiger partial charge on any atom is 0.308 e. The van der Waals surface area contributed by atoms with Crippen molar-refractivity contribution in [3.8, 4) is 0 Å². The van der Waals surface area contributed by atoms with Crippen LogP contribution in [0.3, 0.4) is 0 Å². The maximum absolute atomic E-state index is 12.2. The lowest BCUT2D eigenvalue weighted by Crippen LogP contribution is -2.41. The summed E-state index contributed by atoms with van der Waals surface area (Å²) in [4.78, 5) is 31.8. The minimum atomic E-state index is -0.571. The van der Waals surface area contributed by atoms with Crippen LogP contribution in [0.2, 0.25) is 0 Å². The molecule has 0 saturated heterocycles. The lowest BCUT2D eigenvalue weighted by Gasteiger charge is -2.06. The number of para-hydroxylation sites is 2. The predicted molar refractivity (Wildman–Crippen MR) is 108 cm³/mol. The van der Waals surface area contributed by atoms with Gasteiger partial charge in [-0.15, -0.1) is 0 Å². The van der Waals surface area contributed by atoms with Crippen molar-refractivity contribution in [2.24, 2.45) is 0 Å². The zero-order valence-corrected chi connectivity index (χ0v) is 16.2. The summed E-state index contributed by atoms with van der Waals surface area (Å²) in [6.45, 7) is 1.70. The number of carbonyl (C=O) groups excluding carboxylic acids is 2. The Morgan fingerprint density at radius 3 is 2.55 bits per heavy atom. The Labute approximate surface area is 170 Å². The number of hydrogen-bond donors (Lipinski definition) is 3. The van der Waals surface area contributed by atoms with Crippen molar-refractivity contribution in [1.82, 2.24) is 26.0 Å². The molecule has 146 valence electrons. The standard InChI is InChI=1S/C20H17N5O3S/c1-12-10-17(28-25-12)19(27)24-23-18(26)14-8-6-13(7-9-14)11-29-20-21-15-4-2-3-5-16(15)22-20/h2-10H,11H2,1H3,(H,21,22)(H,23,26)(H,24,27). The lowest BCUT2D eigenvalue weighted by molar-refractivity contribution is 0.0825. The highest BCUT2D eigenvalue weighted by atomic mass is 32.2. The van der Waals surface area contributed by atoms with E-state index < -0.39 is 11.8 Å². The summed E-state index contributed by atoms with van der Waals surface area (Å²) in [5.41, 5.74) is 8.64. The average molecular weight is 407 g/mol. The largest absolute Gasteiger partial charge is 0.351 e. The molecule has 4 aromatic rings. The molecule has 0 spiro atoms. The third-order valence-electron chi connectivity index (χ3n) is 4.10. The molecular weight excluding hydrogens is 390 g/mol. The second-order valence-corrected chi connectivity index (χ2v) is 7.25. The number of aromatic nitrogens is 3. The molecule has 0 aliphatic heterocycles. The van der Waals surface area contributed by atoms with Gasteiger partial charge in [0, 0.05) is 17.4 Å². The van der Waals surface area contributed by atoms with Gasteiger partial charge in [0.1, 0.15) is 0 Å². The van der Waals surface area contributed by atoms with E-state index in [0.29, 0.717) is 17.0 Å². The van der Waals surface area contributed by atoms with Gasteiger partial charge >= 0.3 is 5.91 Å². The van der Waals surface area contributed by atoms with Crippen LogP contribution in [0.5, 0.6) is 0 Å². The van der Waals surface area contributed by atoms with Crippen LogP contribution in [0, 0.1) is 6.92 Å². The number of nitrogens with one attached hydrogen (secondary N) is 3. The zero-order valence-electron chi connectivity index (χ0n) is 15.4. The third kappa shape index (κ3) is 4.46. The Hall–Kier alpha value is -3.59. The van der Waals surface area contributed by atoms with Crippen LogP contribution in [0.25, 0.3) is 11.0 Å². The van der Waals surface area contributed by atoms with E-state index >= 15 is 0 Å². The average Bonchev–Trinajstić information content (AvgIpc) is 3.36. The summed E-state index contributed by atoms with van der Waals surface area (Å²) in [6, 6.07) is 16.5. The van der Waals surface area contributed by atoms with Crippen LogP contribution in [0.15, 0.2) is 64.3 Å². The summed E-state index contributed by atoms with van der Waals surface area (Å²) in [6.07, 6.45) is 0. The molecule has 0 unspecified atom stereocenters. The molecule has 2 heterocycles. The minimum Gasteiger partial charge on any atom is -0.351 e. The Bertz CT molecular complexity index is 1130. The number of benzene rings is 2. The van der Waals surface area contributed by atoms with Gasteiger partial charge in [0.25, 0.3) is 5.91 Å². The van der Waals surface area contributed by atoms with Gasteiger partial charge in [-0.3, -0.25) is 20.4 Å². The number of aryl methyl sites for hydroxylation is 1. The number of fused-ring (bicyclic) bond motifs is 1. The van der Waals surface area contributed by atoms with Crippen molar-refractivity contribution in [3.05, 3.63) is 77.2 Å². The molecule has 3 N–H and O–H groups in total. The number of hydrogen-bond acceptors (Lipinski definition) is 6. The van der Waals surface area contributed by atoms with Gasteiger partial charge in [0.2, 0.25) is 5.76 Å². The van der Waals surface area contributed by atoms with Gasteiger partial charge in [0.05, 0.1) is 16.7 Å². The van der Waals surface area contributed by atoms with E-state index in [9.17, 15) is 9.59 Å². The molecule has 0 fully saturated rings. The Balaban J connectivity index is 1.31. The van der Waals surface area contributed by atoms with Crippen LogP contribution in [-0.4, -0.2) is 26.9 Å². The number of imidazole rings is 1. The van der Waals surface area contributed by atoms with Gasteiger partial charge in [-0.05, 0) is 36.8 Å². The number of aromatic amines is 1. The number of nitrogens with zero attached hydrogens (tertiary/aromatic N) is 2. The smallest absolute Gasteiger partial charge is 0.308 e. The van der Waals surface area contributed by atoms with E-state index in [1.54, 1.807) is 30.8 Å². The quantitative estimate of drug-likeness (QED) is 0.346. The first kappa shape index (κ1) is 18.8. The first-order valence-electron chi connectivity index (χ1n) is 8.79. The molecule has 2 amide bonds. The Morgan fingerprint density at radius 1 is 1.07 bits per heavy atom. The maximum atomic E-state index is 12.2. The second kappa shape index (κ2) is 8.19. The number of amides is 2. The van der Waals surface area contributed by atoms with E-state index in [1.165, 1.54) is 6.07 Å². The Morgan fingerprint density at radius 2 is 1.83 bits per heavy atom. The minimum absolute atomic E-state index is 0.0285. The number of hydrazine groups is 1. The predicted octanol–water partition coefficient (Wildman–Crippen LogP) is 3.23. The first-order valence-corrected chi connectivity index (χ1v) is 9.77. The fourth-order valence-electron chi connectivity index (χ4n) is 2.62. The summed E-state index contributed by atoms with van der Waals surface area (Å²) in [5, 5.41) is 4.47. The fourth-order valence-corrected chi connectivity index (χ4v) is 3.46. The molecular formula is C20H17N5O3S. The molecule has 2 aromatic heterocycles. The highest BCUT2D eigenvalue weighted by Gasteiger charge is 2.13. The summed E-state index contributed by atoms with van der Waals surface area (Å²) in [7, 11) is 0. The molecule has 0 aliphatic carbocycles. The molecule has 4 rings (SSSR count). The number of H-pyrrole nitrogens is 1. The monoisotopic (exact) mass is 407 g/mol. The fraction of sp³-hybridized carbons (Fsp3) is 0.100. The van der Waals surface area contributed by atoms with Crippen LogP contribution >= 0.6 is 11.8 Å². The van der Waals surface area contributed by atoms with E-state index in [4.69, 9.17) is 4.52 Å². The van der Waals surface area contributed by atoms with E-state index in [1.807, 2.05) is 36.4 Å². The molecule has 2 aromatic carbocycles. The summed E-state index contributed by atoms with van der Waals surface area (Å²) < 4.78 is 4.84. The van der Waals surface area contributed by atoms with Crippen molar-refractivity contribution in [2.45, 2.75) is 17.8 Å². The zero-order chi connectivity index (χ0) is 20.2. The molecule has 0 atom stereocenters. The van der Waals surface area contributed by atoms with Crippen molar-refractivity contribution < 1.29 is 14.1 Å². The number of rotatable bonds is 5. The van der Waals surface area contributed by atoms with Gasteiger partial charge in [-0.2, -0.15) is 0 Å². The highest BCUT2D eigenvalue weighted by molar-refractivity contribution is 7.98. The first-order chi connectivity index (χ1) is 14.1. The number of carbonyl (C=O) groups is 2. The molecule has 0 saturated carbocycles. The van der Waals surface area contributed by atoms with Crippen molar-refractivity contribution in [2.75, 3.05) is 0 Å². The highest BCUT2D eigenvalue weighted by Crippen LogP contribution is 2.23. The Kier molecular flexibility index (Phi) is 5.30. The van der Waals surface area contributed by atoms with Gasteiger partial charge in [0.15, 0.2) is 5.16 Å². The van der Waals surface area contributed by atoms with Crippen LogP contribution in [0.1, 0.15) is 32.2 Å². The van der Waals surface area contributed by atoms with Crippen molar-refractivity contribution >= 4 is 34.6 Å². The summed E-state index contributed by atoms with van der Waals surface area (Å²) >= 11 is 1.59. The van der Waals surface area contributed by atoms with Crippen molar-refractivity contribution in [3.63, 3.8) is 0 Å².